The molecular formula is C16H16N2OS. The van der Waals surface area contributed by atoms with Crippen molar-refractivity contribution in [3.05, 3.63) is 47.6 Å². The van der Waals surface area contributed by atoms with Gasteiger partial charge >= 0.3 is 0 Å². The fraction of sp³-hybridized carbons (Fsp3) is 0.250. The Labute approximate surface area is 122 Å². The molecule has 1 aliphatic rings. The van der Waals surface area contributed by atoms with Crippen LogP contribution in [-0.2, 0) is 4.79 Å². The number of hydrogen-bond acceptors (Lipinski definition) is 3. The van der Waals surface area contributed by atoms with Gasteiger partial charge in [-0.1, -0.05) is 41.7 Å². The number of aryl methyl sites for hydroxylation is 1. The summed E-state index contributed by atoms with van der Waals surface area (Å²) in [5.41, 5.74) is 3.23. The first-order valence-electron chi connectivity index (χ1n) is 6.74. The van der Waals surface area contributed by atoms with Crippen LogP contribution in [0.4, 0.5) is 5.13 Å². The molecule has 0 saturated carbocycles. The van der Waals surface area contributed by atoms with Crippen molar-refractivity contribution in [2.75, 3.05) is 5.32 Å². The van der Waals surface area contributed by atoms with Gasteiger partial charge in [-0.05, 0) is 37.0 Å². The normalized spacial score (nSPS) is 14.3. The lowest BCUT2D eigenvalue weighted by atomic mass is 10.0. The molecule has 0 saturated heterocycles. The third-order valence-electron chi connectivity index (χ3n) is 3.29. The summed E-state index contributed by atoms with van der Waals surface area (Å²) in [5.74, 6) is -0.000454. The maximum atomic E-state index is 12.0. The van der Waals surface area contributed by atoms with Gasteiger partial charge in [0.25, 0.3) is 0 Å². The minimum absolute atomic E-state index is 0.000454. The highest BCUT2D eigenvalue weighted by atomic mass is 32.1. The van der Waals surface area contributed by atoms with Gasteiger partial charge in [-0.3, -0.25) is 4.79 Å². The number of thiazole rings is 1. The van der Waals surface area contributed by atoms with Gasteiger partial charge in [-0.25, -0.2) is 4.98 Å². The monoisotopic (exact) mass is 284 g/mol. The Kier molecular flexibility index (Phi) is 3.65. The lowest BCUT2D eigenvalue weighted by Crippen LogP contribution is -2.11. The van der Waals surface area contributed by atoms with Crippen LogP contribution in [-0.4, -0.2) is 10.9 Å². The minimum Gasteiger partial charge on any atom is -0.302 e. The van der Waals surface area contributed by atoms with Gasteiger partial charge in [-0.15, -0.1) is 0 Å². The summed E-state index contributed by atoms with van der Waals surface area (Å²) in [5, 5.41) is 3.58. The molecule has 1 amide bonds. The molecule has 0 bridgehead atoms. The summed E-state index contributed by atoms with van der Waals surface area (Å²) in [6.07, 6.45) is 8.80. The number of anilines is 1. The van der Waals surface area contributed by atoms with Crippen LogP contribution in [0.3, 0.4) is 0 Å². The van der Waals surface area contributed by atoms with E-state index in [1.54, 1.807) is 0 Å². The van der Waals surface area contributed by atoms with Gasteiger partial charge in [0.1, 0.15) is 0 Å². The maximum Gasteiger partial charge on any atom is 0.230 e. The average molecular weight is 284 g/mol. The lowest BCUT2D eigenvalue weighted by molar-refractivity contribution is -0.115. The average Bonchev–Trinajstić information content (AvgIpc) is 2.83. The molecule has 2 aromatic rings. The van der Waals surface area contributed by atoms with E-state index in [1.165, 1.54) is 16.9 Å². The summed E-state index contributed by atoms with van der Waals surface area (Å²) < 4.78 is 1.14. The van der Waals surface area contributed by atoms with Crippen LogP contribution in [0, 0.1) is 6.92 Å². The van der Waals surface area contributed by atoms with E-state index in [0.29, 0.717) is 11.6 Å². The second kappa shape index (κ2) is 5.59. The predicted molar refractivity (Wildman–Crippen MR) is 84.1 cm³/mol. The first-order chi connectivity index (χ1) is 9.72. The van der Waals surface area contributed by atoms with E-state index in [4.69, 9.17) is 0 Å². The smallest absolute Gasteiger partial charge is 0.230 e. The van der Waals surface area contributed by atoms with Crippen molar-refractivity contribution in [2.24, 2.45) is 0 Å². The topological polar surface area (TPSA) is 42.0 Å². The van der Waals surface area contributed by atoms with Crippen molar-refractivity contribution in [2.45, 2.75) is 26.2 Å². The third-order valence-corrected chi connectivity index (χ3v) is 4.42. The molecule has 1 aromatic carbocycles. The number of fused-ring (bicyclic) bond motifs is 1. The SMILES string of the molecule is Cc1cccc2nc(NC(=O)CC3=CCCC=C3)sc12. The number of allylic oxidation sites excluding steroid dienone is 3. The molecule has 102 valence electrons. The molecule has 20 heavy (non-hydrogen) atoms. The molecule has 1 heterocycles. The summed E-state index contributed by atoms with van der Waals surface area (Å²) in [6.45, 7) is 2.06. The van der Waals surface area contributed by atoms with Crippen LogP contribution in [0.15, 0.2) is 42.0 Å². The zero-order valence-electron chi connectivity index (χ0n) is 11.3. The van der Waals surface area contributed by atoms with Gasteiger partial charge in [0.05, 0.1) is 16.6 Å². The van der Waals surface area contributed by atoms with Crippen LogP contribution in [0.2, 0.25) is 0 Å². The fourth-order valence-corrected chi connectivity index (χ4v) is 3.24. The number of amides is 1. The van der Waals surface area contributed by atoms with Crippen molar-refractivity contribution in [3.8, 4) is 0 Å². The summed E-state index contributed by atoms with van der Waals surface area (Å²) in [6, 6.07) is 6.02. The molecule has 0 aliphatic heterocycles. The first kappa shape index (κ1) is 13.1. The van der Waals surface area contributed by atoms with Crippen LogP contribution in [0.1, 0.15) is 24.8 Å². The molecule has 3 rings (SSSR count). The fourth-order valence-electron chi connectivity index (χ4n) is 2.29. The van der Waals surface area contributed by atoms with E-state index < -0.39 is 0 Å². The van der Waals surface area contributed by atoms with E-state index in [1.807, 2.05) is 18.2 Å². The van der Waals surface area contributed by atoms with Crippen molar-refractivity contribution < 1.29 is 4.79 Å². The highest BCUT2D eigenvalue weighted by Crippen LogP contribution is 2.28. The van der Waals surface area contributed by atoms with Crippen molar-refractivity contribution >= 4 is 32.6 Å². The Morgan fingerprint density at radius 2 is 2.30 bits per heavy atom. The quantitative estimate of drug-likeness (QED) is 0.917. The molecule has 0 unspecified atom stereocenters. The first-order valence-corrected chi connectivity index (χ1v) is 7.55. The Bertz CT molecular complexity index is 712. The Morgan fingerprint density at radius 1 is 1.40 bits per heavy atom. The Morgan fingerprint density at radius 3 is 3.05 bits per heavy atom. The zero-order chi connectivity index (χ0) is 13.9. The molecule has 0 fully saturated rings. The van der Waals surface area contributed by atoms with E-state index >= 15 is 0 Å². The number of nitrogens with zero attached hydrogens (tertiary/aromatic N) is 1. The van der Waals surface area contributed by atoms with E-state index in [2.05, 4.69) is 35.4 Å². The molecule has 0 radical (unpaired) electrons. The number of benzene rings is 1. The number of carbonyl (C=O) groups is 1. The highest BCUT2D eigenvalue weighted by molar-refractivity contribution is 7.22. The second-order valence-electron chi connectivity index (χ2n) is 4.93. The molecule has 0 atom stereocenters. The standard InChI is InChI=1S/C16H16N2OS/c1-11-6-5-9-13-15(11)20-16(17-13)18-14(19)10-12-7-3-2-4-8-12/h3,5-9H,2,4,10H2,1H3,(H,17,18,19). The maximum absolute atomic E-state index is 12.0. The largest absolute Gasteiger partial charge is 0.302 e. The van der Waals surface area contributed by atoms with Gasteiger partial charge in [0, 0.05) is 0 Å². The lowest BCUT2D eigenvalue weighted by Gasteiger charge is -2.06. The molecular weight excluding hydrogens is 268 g/mol. The Balaban J connectivity index is 1.72. The van der Waals surface area contributed by atoms with Gasteiger partial charge in [0.2, 0.25) is 5.91 Å². The number of nitrogens with one attached hydrogen (secondary N) is 1. The predicted octanol–water partition coefficient (Wildman–Crippen LogP) is 4.21. The van der Waals surface area contributed by atoms with E-state index in [-0.39, 0.29) is 5.91 Å². The van der Waals surface area contributed by atoms with E-state index in [0.717, 1.165) is 28.6 Å². The highest BCUT2D eigenvalue weighted by Gasteiger charge is 2.10. The van der Waals surface area contributed by atoms with E-state index in [9.17, 15) is 4.79 Å². The van der Waals surface area contributed by atoms with Crippen molar-refractivity contribution in [3.63, 3.8) is 0 Å². The molecule has 1 aliphatic carbocycles. The molecule has 3 nitrogen and oxygen atoms in total. The third kappa shape index (κ3) is 2.80. The number of hydrogen-bond donors (Lipinski definition) is 1. The number of rotatable bonds is 3. The molecule has 1 N–H and O–H groups in total. The van der Waals surface area contributed by atoms with Crippen LogP contribution in [0.5, 0.6) is 0 Å². The summed E-state index contributed by atoms with van der Waals surface area (Å²) in [7, 11) is 0. The van der Waals surface area contributed by atoms with Crippen LogP contribution >= 0.6 is 11.3 Å². The van der Waals surface area contributed by atoms with Gasteiger partial charge < -0.3 is 5.32 Å². The minimum atomic E-state index is -0.000454. The van der Waals surface area contributed by atoms with Crippen molar-refractivity contribution in [1.29, 1.82) is 0 Å². The van der Waals surface area contributed by atoms with Crippen molar-refractivity contribution in [1.82, 2.24) is 4.98 Å². The molecule has 0 spiro atoms. The summed E-state index contributed by atoms with van der Waals surface area (Å²) in [4.78, 5) is 16.5. The van der Waals surface area contributed by atoms with Gasteiger partial charge in [0.15, 0.2) is 5.13 Å². The Hall–Kier alpha value is -1.94. The van der Waals surface area contributed by atoms with Gasteiger partial charge in [-0.2, -0.15) is 0 Å². The summed E-state index contributed by atoms with van der Waals surface area (Å²) >= 11 is 1.53. The number of aromatic nitrogens is 1. The molecule has 1 aromatic heterocycles. The van der Waals surface area contributed by atoms with Crippen LogP contribution < -0.4 is 5.32 Å². The van der Waals surface area contributed by atoms with Crippen LogP contribution in [0.25, 0.3) is 10.2 Å². The molecule has 4 heteroatoms. The second-order valence-corrected chi connectivity index (χ2v) is 5.92. The number of carbonyl (C=O) groups excluding carboxylic acids is 1. The zero-order valence-corrected chi connectivity index (χ0v) is 12.2.